The number of halogens is 1. The standard InChI is InChI=1S/C7H7ClN4/c8-5-3-10-7-1-6(2-9)11-12(7)4-5/h1,3-4H,2,9H2. The average Bonchev–Trinajstić information content (AvgIpc) is 2.46. The Morgan fingerprint density at radius 3 is 3.17 bits per heavy atom. The van der Waals surface area contributed by atoms with Gasteiger partial charge in [-0.3, -0.25) is 0 Å². The van der Waals surface area contributed by atoms with Crippen molar-refractivity contribution in [2.24, 2.45) is 5.73 Å². The molecular formula is C7H7ClN4. The van der Waals surface area contributed by atoms with E-state index in [1.165, 1.54) is 0 Å². The molecular weight excluding hydrogens is 176 g/mol. The quantitative estimate of drug-likeness (QED) is 0.711. The van der Waals surface area contributed by atoms with Crippen LogP contribution in [0, 0.1) is 0 Å². The highest BCUT2D eigenvalue weighted by atomic mass is 35.5. The third kappa shape index (κ3) is 1.15. The van der Waals surface area contributed by atoms with E-state index < -0.39 is 0 Å². The second kappa shape index (κ2) is 2.73. The Bertz CT molecular complexity index is 409. The molecule has 12 heavy (non-hydrogen) atoms. The zero-order chi connectivity index (χ0) is 8.55. The molecule has 2 aromatic heterocycles. The molecule has 2 heterocycles. The molecule has 2 N–H and O–H groups in total. The van der Waals surface area contributed by atoms with E-state index in [1.807, 2.05) is 6.07 Å². The minimum absolute atomic E-state index is 0.418. The van der Waals surface area contributed by atoms with Crippen LogP contribution in [0.5, 0.6) is 0 Å². The Labute approximate surface area is 74.0 Å². The average molecular weight is 183 g/mol. The van der Waals surface area contributed by atoms with Crippen LogP contribution in [0.15, 0.2) is 18.5 Å². The van der Waals surface area contributed by atoms with Gasteiger partial charge in [0.15, 0.2) is 5.65 Å². The van der Waals surface area contributed by atoms with Crippen molar-refractivity contribution >= 4 is 17.2 Å². The Morgan fingerprint density at radius 2 is 2.42 bits per heavy atom. The van der Waals surface area contributed by atoms with Crippen LogP contribution >= 0.6 is 11.6 Å². The van der Waals surface area contributed by atoms with Gasteiger partial charge in [0.05, 0.1) is 16.9 Å². The van der Waals surface area contributed by atoms with Gasteiger partial charge in [-0.05, 0) is 0 Å². The molecule has 0 aromatic carbocycles. The number of nitrogens with two attached hydrogens (primary N) is 1. The van der Waals surface area contributed by atoms with Gasteiger partial charge in [0.2, 0.25) is 0 Å². The minimum Gasteiger partial charge on any atom is -0.325 e. The Hall–Kier alpha value is -1.13. The van der Waals surface area contributed by atoms with Crippen LogP contribution < -0.4 is 5.73 Å². The van der Waals surface area contributed by atoms with E-state index in [4.69, 9.17) is 17.3 Å². The van der Waals surface area contributed by atoms with Gasteiger partial charge in [-0.2, -0.15) is 5.10 Å². The lowest BCUT2D eigenvalue weighted by atomic mass is 10.4. The van der Waals surface area contributed by atoms with Crippen LogP contribution in [0.25, 0.3) is 5.65 Å². The summed E-state index contributed by atoms with van der Waals surface area (Å²) in [5.74, 6) is 0. The normalized spacial score (nSPS) is 10.8. The largest absolute Gasteiger partial charge is 0.325 e. The number of fused-ring (bicyclic) bond motifs is 1. The minimum atomic E-state index is 0.418. The molecule has 0 aliphatic carbocycles. The second-order valence-corrected chi connectivity index (χ2v) is 2.85. The highest BCUT2D eigenvalue weighted by Gasteiger charge is 2.00. The molecule has 62 valence electrons. The van der Waals surface area contributed by atoms with E-state index in [1.54, 1.807) is 16.9 Å². The molecule has 0 unspecified atom stereocenters. The summed E-state index contributed by atoms with van der Waals surface area (Å²) in [7, 11) is 0. The Kier molecular flexibility index (Phi) is 1.71. The van der Waals surface area contributed by atoms with E-state index in [9.17, 15) is 0 Å². The molecule has 5 heteroatoms. The fourth-order valence-corrected chi connectivity index (χ4v) is 1.14. The predicted octanol–water partition coefficient (Wildman–Crippen LogP) is 0.841. The van der Waals surface area contributed by atoms with E-state index in [2.05, 4.69) is 10.1 Å². The summed E-state index contributed by atoms with van der Waals surface area (Å²) in [5.41, 5.74) is 6.99. The molecule has 0 aliphatic heterocycles. The molecule has 2 aromatic rings. The SMILES string of the molecule is NCc1cc2ncc(Cl)cn2n1. The maximum absolute atomic E-state index is 5.72. The molecule has 0 spiro atoms. The molecule has 0 atom stereocenters. The maximum Gasteiger partial charge on any atom is 0.155 e. The highest BCUT2D eigenvalue weighted by Crippen LogP contribution is 2.08. The first kappa shape index (κ1) is 7.52. The summed E-state index contributed by atoms with van der Waals surface area (Å²) in [6, 6.07) is 1.83. The van der Waals surface area contributed by atoms with Crippen molar-refractivity contribution in [3.8, 4) is 0 Å². The second-order valence-electron chi connectivity index (χ2n) is 2.41. The molecule has 0 bridgehead atoms. The molecule has 0 aliphatic rings. The molecule has 0 saturated carbocycles. The summed E-state index contributed by atoms with van der Waals surface area (Å²) < 4.78 is 1.62. The first-order valence-corrected chi connectivity index (χ1v) is 3.87. The van der Waals surface area contributed by atoms with Crippen molar-refractivity contribution in [1.29, 1.82) is 0 Å². The smallest absolute Gasteiger partial charge is 0.155 e. The lowest BCUT2D eigenvalue weighted by molar-refractivity contribution is 0.875. The maximum atomic E-state index is 5.72. The van der Waals surface area contributed by atoms with Gasteiger partial charge in [0.1, 0.15) is 0 Å². The van der Waals surface area contributed by atoms with Gasteiger partial charge in [-0.15, -0.1) is 0 Å². The summed E-state index contributed by atoms with van der Waals surface area (Å²) in [4.78, 5) is 4.06. The van der Waals surface area contributed by atoms with Crippen LogP contribution in [0.1, 0.15) is 5.69 Å². The van der Waals surface area contributed by atoms with E-state index in [0.717, 1.165) is 11.3 Å². The number of aromatic nitrogens is 3. The molecule has 0 saturated heterocycles. The zero-order valence-corrected chi connectivity index (χ0v) is 6.99. The van der Waals surface area contributed by atoms with Crippen molar-refractivity contribution in [3.05, 3.63) is 29.2 Å². The number of hydrogen-bond acceptors (Lipinski definition) is 3. The lowest BCUT2D eigenvalue weighted by Gasteiger charge is -1.90. The number of nitrogens with zero attached hydrogens (tertiary/aromatic N) is 3. The molecule has 4 nitrogen and oxygen atoms in total. The van der Waals surface area contributed by atoms with Gasteiger partial charge in [0.25, 0.3) is 0 Å². The molecule has 0 amide bonds. The zero-order valence-electron chi connectivity index (χ0n) is 6.24. The van der Waals surface area contributed by atoms with Crippen LogP contribution in [0.3, 0.4) is 0 Å². The van der Waals surface area contributed by atoms with Gasteiger partial charge in [-0.1, -0.05) is 11.6 Å². The van der Waals surface area contributed by atoms with E-state index in [-0.39, 0.29) is 0 Å². The fraction of sp³-hybridized carbons (Fsp3) is 0.143. The van der Waals surface area contributed by atoms with Crippen LogP contribution in [0.2, 0.25) is 5.02 Å². The lowest BCUT2D eigenvalue weighted by Crippen LogP contribution is -1.97. The van der Waals surface area contributed by atoms with Gasteiger partial charge < -0.3 is 5.73 Å². The van der Waals surface area contributed by atoms with Crippen molar-refractivity contribution in [1.82, 2.24) is 14.6 Å². The topological polar surface area (TPSA) is 56.2 Å². The van der Waals surface area contributed by atoms with E-state index in [0.29, 0.717) is 11.6 Å². The first-order valence-electron chi connectivity index (χ1n) is 3.49. The molecule has 2 rings (SSSR count). The van der Waals surface area contributed by atoms with Crippen LogP contribution in [0.4, 0.5) is 0 Å². The van der Waals surface area contributed by atoms with Crippen LogP contribution in [-0.4, -0.2) is 14.6 Å². The fourth-order valence-electron chi connectivity index (χ4n) is 1.00. The van der Waals surface area contributed by atoms with Gasteiger partial charge >= 0.3 is 0 Å². The van der Waals surface area contributed by atoms with Crippen molar-refractivity contribution in [2.75, 3.05) is 0 Å². The van der Waals surface area contributed by atoms with E-state index >= 15 is 0 Å². The summed E-state index contributed by atoms with van der Waals surface area (Å²) >= 11 is 5.72. The third-order valence-corrected chi connectivity index (χ3v) is 1.74. The van der Waals surface area contributed by atoms with Crippen molar-refractivity contribution in [2.45, 2.75) is 6.54 Å². The Balaban J connectivity index is 2.67. The van der Waals surface area contributed by atoms with Crippen molar-refractivity contribution in [3.63, 3.8) is 0 Å². The van der Waals surface area contributed by atoms with Gasteiger partial charge in [0, 0.05) is 18.8 Å². The van der Waals surface area contributed by atoms with Gasteiger partial charge in [-0.25, -0.2) is 9.50 Å². The third-order valence-electron chi connectivity index (χ3n) is 1.54. The number of rotatable bonds is 1. The highest BCUT2D eigenvalue weighted by molar-refractivity contribution is 6.30. The summed E-state index contributed by atoms with van der Waals surface area (Å²) in [6.07, 6.45) is 3.28. The summed E-state index contributed by atoms with van der Waals surface area (Å²) in [5, 5.41) is 4.70. The molecule has 0 radical (unpaired) electrons. The first-order chi connectivity index (χ1) is 5.79. The van der Waals surface area contributed by atoms with Crippen molar-refractivity contribution < 1.29 is 0 Å². The van der Waals surface area contributed by atoms with Crippen LogP contribution in [-0.2, 0) is 6.54 Å². The monoisotopic (exact) mass is 182 g/mol. The summed E-state index contributed by atoms with van der Waals surface area (Å²) in [6.45, 7) is 0.418. The Morgan fingerprint density at radius 1 is 1.58 bits per heavy atom. The molecule has 0 fully saturated rings. The predicted molar refractivity (Wildman–Crippen MR) is 45.9 cm³/mol. The number of hydrogen-bond donors (Lipinski definition) is 1.